The van der Waals surface area contributed by atoms with E-state index in [4.69, 9.17) is 9.84 Å². The van der Waals surface area contributed by atoms with Gasteiger partial charge in [0.05, 0.1) is 25.1 Å². The van der Waals surface area contributed by atoms with Crippen LogP contribution in [0.5, 0.6) is 5.88 Å². The molecule has 0 saturated carbocycles. The normalized spacial score (nSPS) is 18.6. The molecule has 0 N–H and O–H groups in total. The van der Waals surface area contributed by atoms with Crippen molar-refractivity contribution >= 4 is 5.82 Å². The third-order valence-corrected chi connectivity index (χ3v) is 6.02. The SMILES string of the molecule is CC(C)c1cc(N2CCN(CCN3CCOCC3)CC2)nn1-c1ccc(OC(F)F)nc1. The third-order valence-electron chi connectivity index (χ3n) is 6.02. The van der Waals surface area contributed by atoms with E-state index in [9.17, 15) is 8.78 Å². The van der Waals surface area contributed by atoms with Gasteiger partial charge in [-0.1, -0.05) is 13.8 Å². The number of aromatic nitrogens is 3. The Morgan fingerprint density at radius 3 is 2.28 bits per heavy atom. The standard InChI is InChI=1S/C22H32F2N6O2/c1-17(2)19-15-20(26-30(19)18-3-4-21(25-16-18)32-22(23)24)29-9-7-27(8-10-29)5-6-28-11-13-31-14-12-28/h3-4,15-17,22H,5-14H2,1-2H3. The van der Waals surface area contributed by atoms with Crippen LogP contribution in [-0.2, 0) is 4.74 Å². The van der Waals surface area contributed by atoms with Crippen molar-refractivity contribution in [2.45, 2.75) is 26.4 Å². The molecule has 4 rings (SSSR count). The molecule has 8 nitrogen and oxygen atoms in total. The van der Waals surface area contributed by atoms with Gasteiger partial charge in [0, 0.05) is 70.2 Å². The first-order valence-electron chi connectivity index (χ1n) is 11.3. The Labute approximate surface area is 187 Å². The van der Waals surface area contributed by atoms with Gasteiger partial charge in [0.1, 0.15) is 0 Å². The van der Waals surface area contributed by atoms with E-state index >= 15 is 0 Å². The fraction of sp³-hybridized carbons (Fsp3) is 0.636. The smallest absolute Gasteiger partial charge is 0.388 e. The monoisotopic (exact) mass is 450 g/mol. The molecule has 176 valence electrons. The number of morpholine rings is 1. The van der Waals surface area contributed by atoms with Crippen LogP contribution < -0.4 is 9.64 Å². The molecule has 2 fully saturated rings. The minimum atomic E-state index is -2.89. The van der Waals surface area contributed by atoms with Crippen LogP contribution in [0.3, 0.4) is 0 Å². The lowest BCUT2D eigenvalue weighted by Crippen LogP contribution is -2.49. The van der Waals surface area contributed by atoms with Crippen molar-refractivity contribution < 1.29 is 18.3 Å². The molecule has 4 heterocycles. The lowest BCUT2D eigenvalue weighted by atomic mass is 10.1. The Balaban J connectivity index is 1.38. The number of ether oxygens (including phenoxy) is 2. The number of hydrogen-bond donors (Lipinski definition) is 0. The molecule has 2 aromatic heterocycles. The maximum atomic E-state index is 12.4. The maximum absolute atomic E-state index is 12.4. The molecule has 2 aromatic rings. The van der Waals surface area contributed by atoms with Crippen LogP contribution >= 0.6 is 0 Å². The molecule has 0 amide bonds. The van der Waals surface area contributed by atoms with E-state index in [1.165, 1.54) is 12.3 Å². The van der Waals surface area contributed by atoms with Gasteiger partial charge in [-0.2, -0.15) is 8.78 Å². The van der Waals surface area contributed by atoms with Crippen LogP contribution in [0.25, 0.3) is 5.69 Å². The van der Waals surface area contributed by atoms with Crippen LogP contribution in [0.1, 0.15) is 25.5 Å². The van der Waals surface area contributed by atoms with E-state index in [0.29, 0.717) is 0 Å². The van der Waals surface area contributed by atoms with E-state index in [0.717, 1.165) is 82.8 Å². The number of hydrogen-bond acceptors (Lipinski definition) is 7. The molecule has 0 spiro atoms. The fourth-order valence-electron chi connectivity index (χ4n) is 4.12. The third kappa shape index (κ3) is 5.73. The Bertz CT molecular complexity index is 847. The van der Waals surface area contributed by atoms with Gasteiger partial charge in [0.15, 0.2) is 5.82 Å². The lowest BCUT2D eigenvalue weighted by Gasteiger charge is -2.36. The van der Waals surface area contributed by atoms with E-state index in [1.807, 2.05) is 4.68 Å². The van der Waals surface area contributed by atoms with E-state index < -0.39 is 6.61 Å². The molecule has 0 atom stereocenters. The number of pyridine rings is 1. The lowest BCUT2D eigenvalue weighted by molar-refractivity contribution is -0.0528. The Morgan fingerprint density at radius 2 is 1.69 bits per heavy atom. The van der Waals surface area contributed by atoms with E-state index in [2.05, 4.69) is 44.3 Å². The highest BCUT2D eigenvalue weighted by Crippen LogP contribution is 2.26. The van der Waals surface area contributed by atoms with Gasteiger partial charge < -0.3 is 14.4 Å². The van der Waals surface area contributed by atoms with Crippen LogP contribution in [0.2, 0.25) is 0 Å². The predicted octanol–water partition coefficient (Wildman–Crippen LogP) is 2.45. The first-order chi connectivity index (χ1) is 15.5. The average Bonchev–Trinajstić information content (AvgIpc) is 3.25. The maximum Gasteiger partial charge on any atom is 0.388 e. The summed E-state index contributed by atoms with van der Waals surface area (Å²) in [5.74, 6) is 1.09. The summed E-state index contributed by atoms with van der Waals surface area (Å²) in [4.78, 5) is 11.3. The molecule has 0 bridgehead atoms. The minimum absolute atomic E-state index is 0.101. The quantitative estimate of drug-likeness (QED) is 0.612. The largest absolute Gasteiger partial charge is 0.417 e. The fourth-order valence-corrected chi connectivity index (χ4v) is 4.12. The van der Waals surface area contributed by atoms with Crippen LogP contribution in [-0.4, -0.2) is 96.7 Å². The Hall–Kier alpha value is -2.30. The van der Waals surface area contributed by atoms with Crippen molar-refractivity contribution in [3.63, 3.8) is 0 Å². The summed E-state index contributed by atoms with van der Waals surface area (Å²) in [7, 11) is 0. The zero-order valence-electron chi connectivity index (χ0n) is 18.8. The van der Waals surface area contributed by atoms with Crippen molar-refractivity contribution in [3.05, 3.63) is 30.1 Å². The highest BCUT2D eigenvalue weighted by Gasteiger charge is 2.22. The van der Waals surface area contributed by atoms with Gasteiger partial charge in [-0.05, 0) is 12.0 Å². The van der Waals surface area contributed by atoms with Gasteiger partial charge >= 0.3 is 6.61 Å². The zero-order valence-corrected chi connectivity index (χ0v) is 18.8. The zero-order chi connectivity index (χ0) is 22.5. The van der Waals surface area contributed by atoms with E-state index in [-0.39, 0.29) is 11.8 Å². The summed E-state index contributed by atoms with van der Waals surface area (Å²) in [5.41, 5.74) is 1.78. The highest BCUT2D eigenvalue weighted by molar-refractivity contribution is 5.45. The second kappa shape index (κ2) is 10.5. The summed E-state index contributed by atoms with van der Waals surface area (Å²) < 4.78 is 36.4. The van der Waals surface area contributed by atoms with Crippen molar-refractivity contribution in [1.29, 1.82) is 0 Å². The number of rotatable bonds is 8. The summed E-state index contributed by atoms with van der Waals surface area (Å²) >= 11 is 0. The first-order valence-corrected chi connectivity index (χ1v) is 11.3. The topological polar surface area (TPSA) is 58.9 Å². The minimum Gasteiger partial charge on any atom is -0.417 e. The van der Waals surface area contributed by atoms with Gasteiger partial charge in [-0.3, -0.25) is 9.80 Å². The molecule has 0 radical (unpaired) electrons. The second-order valence-corrected chi connectivity index (χ2v) is 8.51. The number of piperazine rings is 1. The van der Waals surface area contributed by atoms with Crippen molar-refractivity contribution in [3.8, 4) is 11.6 Å². The Morgan fingerprint density at radius 1 is 1.00 bits per heavy atom. The van der Waals surface area contributed by atoms with Crippen molar-refractivity contribution in [2.24, 2.45) is 0 Å². The molecule has 32 heavy (non-hydrogen) atoms. The van der Waals surface area contributed by atoms with Crippen molar-refractivity contribution in [2.75, 3.05) is 70.5 Å². The summed E-state index contributed by atoms with van der Waals surface area (Å²) in [6.45, 7) is 11.1. The van der Waals surface area contributed by atoms with Crippen LogP contribution in [0, 0.1) is 0 Å². The number of anilines is 1. The van der Waals surface area contributed by atoms with E-state index in [1.54, 1.807) is 6.07 Å². The number of alkyl halides is 2. The van der Waals surface area contributed by atoms with Crippen LogP contribution in [0.15, 0.2) is 24.4 Å². The highest BCUT2D eigenvalue weighted by atomic mass is 19.3. The Kier molecular flexibility index (Phi) is 7.54. The second-order valence-electron chi connectivity index (χ2n) is 8.51. The van der Waals surface area contributed by atoms with Gasteiger partial charge in [0.2, 0.25) is 5.88 Å². The summed E-state index contributed by atoms with van der Waals surface area (Å²) in [6, 6.07) is 5.27. The molecule has 0 aromatic carbocycles. The molecule has 2 saturated heterocycles. The molecule has 2 aliphatic heterocycles. The van der Waals surface area contributed by atoms with Crippen molar-refractivity contribution in [1.82, 2.24) is 24.6 Å². The number of nitrogens with zero attached hydrogens (tertiary/aromatic N) is 6. The van der Waals surface area contributed by atoms with Gasteiger partial charge in [-0.25, -0.2) is 9.67 Å². The predicted molar refractivity (Wildman–Crippen MR) is 118 cm³/mol. The molecular formula is C22H32F2N6O2. The molecule has 10 heteroatoms. The molecular weight excluding hydrogens is 418 g/mol. The number of halogens is 2. The van der Waals surface area contributed by atoms with Crippen LogP contribution in [0.4, 0.5) is 14.6 Å². The first kappa shape index (κ1) is 22.9. The van der Waals surface area contributed by atoms with Gasteiger partial charge in [-0.15, -0.1) is 5.10 Å². The molecule has 0 aliphatic carbocycles. The summed E-state index contributed by atoms with van der Waals surface area (Å²) in [6.07, 6.45) is 1.52. The summed E-state index contributed by atoms with van der Waals surface area (Å²) in [5, 5.41) is 4.83. The molecule has 0 unspecified atom stereocenters. The van der Waals surface area contributed by atoms with Gasteiger partial charge in [0.25, 0.3) is 0 Å². The average molecular weight is 451 g/mol. The molecule has 2 aliphatic rings.